The summed E-state index contributed by atoms with van der Waals surface area (Å²) in [4.78, 5) is 0. The first-order chi connectivity index (χ1) is 8.11. The summed E-state index contributed by atoms with van der Waals surface area (Å²) in [7, 11) is 0. The second-order valence-electron chi connectivity index (χ2n) is 4.37. The highest BCUT2D eigenvalue weighted by Gasteiger charge is 2.26. The number of anilines is 1. The monoisotopic (exact) mass is 300 g/mol. The molecule has 1 heterocycles. The van der Waals surface area contributed by atoms with Crippen LogP contribution in [0.2, 0.25) is 0 Å². The van der Waals surface area contributed by atoms with Crippen LogP contribution >= 0.6 is 15.9 Å². The Bertz CT molecular complexity index is 406. The molecular formula is C12H17BrN2O2. The Morgan fingerprint density at radius 3 is 2.65 bits per heavy atom. The van der Waals surface area contributed by atoms with Gasteiger partial charge in [-0.3, -0.25) is 0 Å². The second kappa shape index (κ2) is 5.25. The molecule has 0 unspecified atom stereocenters. The van der Waals surface area contributed by atoms with Gasteiger partial charge >= 0.3 is 0 Å². The number of ether oxygens (including phenoxy) is 1. The molecular weight excluding hydrogens is 284 g/mol. The van der Waals surface area contributed by atoms with Gasteiger partial charge in [0.1, 0.15) is 5.75 Å². The number of aromatic hydroxyl groups is 1. The van der Waals surface area contributed by atoms with Gasteiger partial charge in [-0.25, -0.2) is 0 Å². The Balaban J connectivity index is 2.29. The Morgan fingerprint density at radius 2 is 2.00 bits per heavy atom. The molecule has 1 atom stereocenters. The first-order valence-corrected chi connectivity index (χ1v) is 6.50. The van der Waals surface area contributed by atoms with Crippen molar-refractivity contribution in [3.63, 3.8) is 0 Å². The van der Waals surface area contributed by atoms with Crippen molar-refractivity contribution in [2.24, 2.45) is 11.7 Å². The fourth-order valence-electron chi connectivity index (χ4n) is 2.23. The van der Waals surface area contributed by atoms with Crippen LogP contribution in [-0.4, -0.2) is 18.3 Å². The molecule has 94 valence electrons. The maximum absolute atomic E-state index is 10.0. The topological polar surface area (TPSA) is 81.5 Å². The lowest BCUT2D eigenvalue weighted by Crippen LogP contribution is -2.27. The molecule has 1 saturated heterocycles. The minimum Gasteiger partial charge on any atom is -0.505 e. The normalized spacial score (nSPS) is 19.2. The van der Waals surface area contributed by atoms with Gasteiger partial charge in [0.15, 0.2) is 0 Å². The van der Waals surface area contributed by atoms with E-state index in [0.29, 0.717) is 17.2 Å². The van der Waals surface area contributed by atoms with E-state index in [0.717, 1.165) is 30.5 Å². The molecule has 1 aromatic carbocycles. The minimum absolute atomic E-state index is 0.0957. The van der Waals surface area contributed by atoms with E-state index in [1.54, 1.807) is 6.07 Å². The van der Waals surface area contributed by atoms with Gasteiger partial charge in [-0.1, -0.05) is 15.9 Å². The fourth-order valence-corrected chi connectivity index (χ4v) is 2.81. The molecule has 4 nitrogen and oxygen atoms in total. The second-order valence-corrected chi connectivity index (χ2v) is 5.23. The molecule has 1 aliphatic heterocycles. The van der Waals surface area contributed by atoms with Crippen LogP contribution in [0, 0.1) is 5.92 Å². The number of phenolic OH excluding ortho intramolecular Hbond substituents is 1. The Kier molecular flexibility index (Phi) is 3.91. The number of phenols is 1. The van der Waals surface area contributed by atoms with Crippen molar-refractivity contribution >= 4 is 21.6 Å². The molecule has 0 aliphatic carbocycles. The summed E-state index contributed by atoms with van der Waals surface area (Å²) >= 11 is 3.42. The summed E-state index contributed by atoms with van der Waals surface area (Å²) in [5.41, 5.74) is 13.0. The third-order valence-electron chi connectivity index (χ3n) is 3.30. The predicted molar refractivity (Wildman–Crippen MR) is 70.7 cm³/mol. The molecule has 2 rings (SSSR count). The number of nitrogens with two attached hydrogens (primary N) is 2. The average Bonchev–Trinajstić information content (AvgIpc) is 2.35. The Hall–Kier alpha value is -0.780. The summed E-state index contributed by atoms with van der Waals surface area (Å²) in [6.45, 7) is 1.47. The van der Waals surface area contributed by atoms with E-state index in [9.17, 15) is 5.11 Å². The Morgan fingerprint density at radius 1 is 1.35 bits per heavy atom. The SMILES string of the molecule is Nc1ccc(Br)c([C@H](N)C2CCOCC2)c1O. The molecule has 0 spiro atoms. The van der Waals surface area contributed by atoms with Gasteiger partial charge in [0.2, 0.25) is 0 Å². The van der Waals surface area contributed by atoms with Gasteiger partial charge in [0.25, 0.3) is 0 Å². The number of benzene rings is 1. The number of nitrogen functional groups attached to an aromatic ring is 1. The van der Waals surface area contributed by atoms with Crippen LogP contribution in [0.15, 0.2) is 16.6 Å². The molecule has 0 saturated carbocycles. The summed E-state index contributed by atoms with van der Waals surface area (Å²) in [5, 5.41) is 10.0. The minimum atomic E-state index is -0.211. The summed E-state index contributed by atoms with van der Waals surface area (Å²) in [6.07, 6.45) is 1.84. The van der Waals surface area contributed by atoms with Crippen LogP contribution in [-0.2, 0) is 4.74 Å². The molecule has 0 aromatic heterocycles. The first-order valence-electron chi connectivity index (χ1n) is 5.71. The smallest absolute Gasteiger partial charge is 0.144 e. The van der Waals surface area contributed by atoms with Crippen molar-refractivity contribution < 1.29 is 9.84 Å². The van der Waals surface area contributed by atoms with Crippen molar-refractivity contribution in [3.8, 4) is 5.75 Å². The summed E-state index contributed by atoms with van der Waals surface area (Å²) in [6, 6.07) is 3.28. The molecule has 17 heavy (non-hydrogen) atoms. The van der Waals surface area contributed by atoms with Crippen LogP contribution in [0.5, 0.6) is 5.75 Å². The largest absolute Gasteiger partial charge is 0.505 e. The maximum Gasteiger partial charge on any atom is 0.144 e. The van der Waals surface area contributed by atoms with Crippen molar-refractivity contribution in [3.05, 3.63) is 22.2 Å². The van der Waals surface area contributed by atoms with E-state index in [-0.39, 0.29) is 11.8 Å². The number of hydrogen-bond donors (Lipinski definition) is 3. The average molecular weight is 301 g/mol. The molecule has 0 radical (unpaired) electrons. The van der Waals surface area contributed by atoms with E-state index >= 15 is 0 Å². The van der Waals surface area contributed by atoms with Gasteiger partial charge in [-0.15, -0.1) is 0 Å². The van der Waals surface area contributed by atoms with Crippen molar-refractivity contribution in [1.82, 2.24) is 0 Å². The standard InChI is InChI=1S/C12H17BrN2O2/c13-8-1-2-9(14)12(16)10(8)11(15)7-3-5-17-6-4-7/h1-2,7,11,16H,3-6,14-15H2/t11-/m1/s1. The highest BCUT2D eigenvalue weighted by molar-refractivity contribution is 9.10. The zero-order valence-corrected chi connectivity index (χ0v) is 11.1. The quantitative estimate of drug-likeness (QED) is 0.577. The molecule has 0 amide bonds. The zero-order chi connectivity index (χ0) is 12.4. The lowest BCUT2D eigenvalue weighted by atomic mass is 9.87. The molecule has 5 N–H and O–H groups in total. The van der Waals surface area contributed by atoms with Gasteiger partial charge in [-0.05, 0) is 30.9 Å². The van der Waals surface area contributed by atoms with E-state index in [4.69, 9.17) is 16.2 Å². The van der Waals surface area contributed by atoms with Crippen LogP contribution in [0.3, 0.4) is 0 Å². The van der Waals surface area contributed by atoms with Crippen LogP contribution < -0.4 is 11.5 Å². The number of hydrogen-bond acceptors (Lipinski definition) is 4. The van der Waals surface area contributed by atoms with Gasteiger partial charge < -0.3 is 21.3 Å². The zero-order valence-electron chi connectivity index (χ0n) is 9.53. The van der Waals surface area contributed by atoms with Gasteiger partial charge in [-0.2, -0.15) is 0 Å². The van der Waals surface area contributed by atoms with Gasteiger partial charge in [0, 0.05) is 29.3 Å². The Labute approximate surface area is 109 Å². The van der Waals surface area contributed by atoms with E-state index in [1.807, 2.05) is 6.07 Å². The predicted octanol–water partition coefficient (Wildman–Crippen LogP) is 2.16. The molecule has 1 aromatic rings. The van der Waals surface area contributed by atoms with Crippen LogP contribution in [0.1, 0.15) is 24.4 Å². The van der Waals surface area contributed by atoms with Crippen molar-refractivity contribution in [2.45, 2.75) is 18.9 Å². The fraction of sp³-hybridized carbons (Fsp3) is 0.500. The highest BCUT2D eigenvalue weighted by Crippen LogP contribution is 2.40. The van der Waals surface area contributed by atoms with Crippen LogP contribution in [0.25, 0.3) is 0 Å². The third-order valence-corrected chi connectivity index (χ3v) is 3.99. The van der Waals surface area contributed by atoms with Crippen molar-refractivity contribution in [1.29, 1.82) is 0 Å². The van der Waals surface area contributed by atoms with E-state index in [1.165, 1.54) is 0 Å². The molecule has 1 aliphatic rings. The highest BCUT2D eigenvalue weighted by atomic mass is 79.9. The number of halogens is 1. The summed E-state index contributed by atoms with van der Waals surface area (Å²) < 4.78 is 6.12. The lowest BCUT2D eigenvalue weighted by molar-refractivity contribution is 0.0580. The van der Waals surface area contributed by atoms with Crippen molar-refractivity contribution in [2.75, 3.05) is 18.9 Å². The molecule has 0 bridgehead atoms. The van der Waals surface area contributed by atoms with E-state index < -0.39 is 0 Å². The van der Waals surface area contributed by atoms with Crippen LogP contribution in [0.4, 0.5) is 5.69 Å². The third kappa shape index (κ3) is 2.56. The summed E-state index contributed by atoms with van der Waals surface area (Å²) in [5.74, 6) is 0.422. The maximum atomic E-state index is 10.0. The lowest BCUT2D eigenvalue weighted by Gasteiger charge is -2.29. The van der Waals surface area contributed by atoms with E-state index in [2.05, 4.69) is 15.9 Å². The number of rotatable bonds is 2. The van der Waals surface area contributed by atoms with Gasteiger partial charge in [0.05, 0.1) is 5.69 Å². The first kappa shape index (κ1) is 12.7. The molecule has 1 fully saturated rings. The molecule has 5 heteroatoms.